The van der Waals surface area contributed by atoms with Gasteiger partial charge < -0.3 is 5.11 Å². The molecule has 0 amide bonds. The number of hydrogen-bond acceptors (Lipinski definition) is 3. The van der Waals surface area contributed by atoms with Crippen LogP contribution in [0.1, 0.15) is 26.2 Å². The van der Waals surface area contributed by atoms with Crippen molar-refractivity contribution >= 4 is 16.0 Å². The highest BCUT2D eigenvalue weighted by Crippen LogP contribution is 2.21. The van der Waals surface area contributed by atoms with Crippen molar-refractivity contribution in [1.82, 2.24) is 4.72 Å². The number of nitrogens with one attached hydrogen (secondary N) is 1. The number of rotatable bonds is 7. The van der Waals surface area contributed by atoms with Gasteiger partial charge in [0, 0.05) is 6.42 Å². The van der Waals surface area contributed by atoms with Crippen molar-refractivity contribution < 1.29 is 31.5 Å². The third kappa shape index (κ3) is 7.97. The molecule has 0 rings (SSSR count). The van der Waals surface area contributed by atoms with E-state index < -0.39 is 46.8 Å². The summed E-state index contributed by atoms with van der Waals surface area (Å²) in [6.45, 7) is 1.46. The van der Waals surface area contributed by atoms with Crippen molar-refractivity contribution in [2.45, 2.75) is 38.4 Å². The summed E-state index contributed by atoms with van der Waals surface area (Å²) in [6, 6.07) is -1.30. The molecule has 0 fully saturated rings. The first kappa shape index (κ1) is 16.2. The van der Waals surface area contributed by atoms with Gasteiger partial charge in [-0.3, -0.25) is 4.79 Å². The number of carboxylic acid groups (broad SMARTS) is 1. The lowest BCUT2D eigenvalue weighted by Gasteiger charge is -2.13. The minimum Gasteiger partial charge on any atom is -0.480 e. The molecule has 0 spiro atoms. The van der Waals surface area contributed by atoms with Gasteiger partial charge in [0.05, 0.1) is 5.75 Å². The van der Waals surface area contributed by atoms with Crippen molar-refractivity contribution in [2.24, 2.45) is 0 Å². The van der Waals surface area contributed by atoms with Crippen LogP contribution in [-0.2, 0) is 14.8 Å². The smallest absolute Gasteiger partial charge is 0.389 e. The first-order valence-electron chi connectivity index (χ1n) is 4.87. The van der Waals surface area contributed by atoms with E-state index in [2.05, 4.69) is 0 Å². The van der Waals surface area contributed by atoms with Crippen LogP contribution in [-0.4, -0.2) is 37.5 Å². The van der Waals surface area contributed by atoms with Crippen molar-refractivity contribution in [3.05, 3.63) is 0 Å². The number of alkyl halides is 3. The summed E-state index contributed by atoms with van der Waals surface area (Å²) in [6.07, 6.45) is -6.19. The molecule has 0 saturated heterocycles. The maximum atomic E-state index is 11.8. The van der Waals surface area contributed by atoms with Gasteiger partial charge in [0.25, 0.3) is 0 Å². The van der Waals surface area contributed by atoms with E-state index in [1.807, 2.05) is 4.72 Å². The Labute approximate surface area is 97.1 Å². The van der Waals surface area contributed by atoms with Crippen molar-refractivity contribution in [3.63, 3.8) is 0 Å². The largest absolute Gasteiger partial charge is 0.480 e. The molecule has 0 aliphatic heterocycles. The summed E-state index contributed by atoms with van der Waals surface area (Å²) in [5, 5.41) is 8.58. The molecule has 102 valence electrons. The van der Waals surface area contributed by atoms with Crippen LogP contribution in [0.5, 0.6) is 0 Å². The highest BCUT2D eigenvalue weighted by atomic mass is 32.2. The molecular formula is C8H14F3NO4S. The lowest BCUT2D eigenvalue weighted by molar-refractivity contribution is -0.139. The summed E-state index contributed by atoms with van der Waals surface area (Å²) in [4.78, 5) is 10.5. The minimum atomic E-state index is -4.41. The standard InChI is InChI=1S/C8H14F3NO4S/c1-2-6(7(13)14)12-17(15,16)5-3-4-8(9,10)11/h6,12H,2-5H2,1H3,(H,13,14)/t6-/m0/s1. The van der Waals surface area contributed by atoms with Crippen LogP contribution >= 0.6 is 0 Å². The first-order valence-corrected chi connectivity index (χ1v) is 6.52. The van der Waals surface area contributed by atoms with E-state index in [4.69, 9.17) is 5.11 Å². The summed E-state index contributed by atoms with van der Waals surface area (Å²) in [7, 11) is -3.99. The quantitative estimate of drug-likeness (QED) is 0.730. The molecule has 0 unspecified atom stereocenters. The van der Waals surface area contributed by atoms with E-state index in [9.17, 15) is 26.4 Å². The molecule has 0 aromatic carbocycles. The van der Waals surface area contributed by atoms with E-state index in [0.29, 0.717) is 0 Å². The van der Waals surface area contributed by atoms with Gasteiger partial charge >= 0.3 is 12.1 Å². The van der Waals surface area contributed by atoms with Crippen LogP contribution in [0, 0.1) is 0 Å². The van der Waals surface area contributed by atoms with Crippen LogP contribution in [0.4, 0.5) is 13.2 Å². The number of aliphatic carboxylic acids is 1. The molecule has 0 aliphatic carbocycles. The Hall–Kier alpha value is -0.830. The number of sulfonamides is 1. The number of halogens is 3. The maximum absolute atomic E-state index is 11.8. The van der Waals surface area contributed by atoms with Gasteiger partial charge in [-0.05, 0) is 12.8 Å². The van der Waals surface area contributed by atoms with E-state index in [0.717, 1.165) is 0 Å². The second-order valence-electron chi connectivity index (χ2n) is 3.45. The SMILES string of the molecule is CC[C@H](NS(=O)(=O)CCCC(F)(F)F)C(=O)O. The third-order valence-corrected chi connectivity index (χ3v) is 3.37. The monoisotopic (exact) mass is 277 g/mol. The highest BCUT2D eigenvalue weighted by molar-refractivity contribution is 7.89. The number of hydrogen-bond donors (Lipinski definition) is 2. The molecule has 0 bridgehead atoms. The lowest BCUT2D eigenvalue weighted by atomic mass is 10.2. The van der Waals surface area contributed by atoms with Crippen molar-refractivity contribution in [2.75, 3.05) is 5.75 Å². The fraction of sp³-hybridized carbons (Fsp3) is 0.875. The topological polar surface area (TPSA) is 83.5 Å². The fourth-order valence-electron chi connectivity index (χ4n) is 1.05. The number of carbonyl (C=O) groups is 1. The average molecular weight is 277 g/mol. The normalized spacial score (nSPS) is 14.6. The Morgan fingerprint density at radius 1 is 1.41 bits per heavy atom. The summed E-state index contributed by atoms with van der Waals surface area (Å²) < 4.78 is 59.7. The molecule has 9 heteroatoms. The molecule has 0 saturated carbocycles. The zero-order chi connectivity index (χ0) is 13.7. The molecule has 5 nitrogen and oxygen atoms in total. The molecule has 0 heterocycles. The molecule has 0 radical (unpaired) electrons. The van der Waals surface area contributed by atoms with Crippen molar-refractivity contribution in [3.8, 4) is 0 Å². The van der Waals surface area contributed by atoms with Crippen LogP contribution < -0.4 is 4.72 Å². The fourth-order valence-corrected chi connectivity index (χ4v) is 2.39. The second kappa shape index (κ2) is 6.20. The molecule has 17 heavy (non-hydrogen) atoms. The number of carboxylic acids is 1. The van der Waals surface area contributed by atoms with E-state index in [1.54, 1.807) is 0 Å². The molecular weight excluding hydrogens is 263 g/mol. The first-order chi connectivity index (χ1) is 7.57. The molecule has 0 aromatic heterocycles. The Kier molecular flexibility index (Phi) is 5.89. The second-order valence-corrected chi connectivity index (χ2v) is 5.33. The van der Waals surface area contributed by atoms with Gasteiger partial charge in [-0.2, -0.15) is 13.2 Å². The summed E-state index contributed by atoms with van der Waals surface area (Å²) in [5.74, 6) is -2.09. The van der Waals surface area contributed by atoms with Gasteiger partial charge in [-0.25, -0.2) is 13.1 Å². The molecule has 0 aromatic rings. The van der Waals surface area contributed by atoms with E-state index in [1.165, 1.54) is 6.92 Å². The van der Waals surface area contributed by atoms with Gasteiger partial charge in [0.1, 0.15) is 6.04 Å². The van der Waals surface area contributed by atoms with Gasteiger partial charge in [-0.1, -0.05) is 6.92 Å². The van der Waals surface area contributed by atoms with E-state index >= 15 is 0 Å². The van der Waals surface area contributed by atoms with Crippen LogP contribution in [0.25, 0.3) is 0 Å². The van der Waals surface area contributed by atoms with Crippen molar-refractivity contribution in [1.29, 1.82) is 0 Å². The van der Waals surface area contributed by atoms with Gasteiger partial charge in [-0.15, -0.1) is 0 Å². The Bertz CT molecular complexity index is 352. The Morgan fingerprint density at radius 2 is 1.94 bits per heavy atom. The summed E-state index contributed by atoms with van der Waals surface area (Å²) in [5.41, 5.74) is 0. The zero-order valence-corrected chi connectivity index (χ0v) is 9.94. The maximum Gasteiger partial charge on any atom is 0.389 e. The molecule has 0 aliphatic rings. The summed E-state index contributed by atoms with van der Waals surface area (Å²) >= 11 is 0. The predicted octanol–water partition coefficient (Wildman–Crippen LogP) is 1.11. The Morgan fingerprint density at radius 3 is 2.29 bits per heavy atom. The van der Waals surface area contributed by atoms with Crippen LogP contribution in [0.3, 0.4) is 0 Å². The van der Waals surface area contributed by atoms with E-state index in [-0.39, 0.29) is 6.42 Å². The third-order valence-electron chi connectivity index (χ3n) is 1.90. The van der Waals surface area contributed by atoms with Crippen LogP contribution in [0.15, 0.2) is 0 Å². The predicted molar refractivity (Wildman–Crippen MR) is 53.9 cm³/mol. The lowest BCUT2D eigenvalue weighted by Crippen LogP contribution is -2.41. The average Bonchev–Trinajstić information content (AvgIpc) is 2.11. The van der Waals surface area contributed by atoms with Crippen LogP contribution in [0.2, 0.25) is 0 Å². The van der Waals surface area contributed by atoms with Gasteiger partial charge in [0.15, 0.2) is 0 Å². The molecule has 1 atom stereocenters. The highest BCUT2D eigenvalue weighted by Gasteiger charge is 2.28. The van der Waals surface area contributed by atoms with Gasteiger partial charge in [0.2, 0.25) is 10.0 Å². The molecule has 2 N–H and O–H groups in total. The Balaban J connectivity index is 4.26. The minimum absolute atomic E-state index is 0.0217. The zero-order valence-electron chi connectivity index (χ0n) is 9.12.